The summed E-state index contributed by atoms with van der Waals surface area (Å²) in [6.45, 7) is 3.49. The third kappa shape index (κ3) is 5.21. The van der Waals surface area contributed by atoms with Crippen LogP contribution in [0.25, 0.3) is 0 Å². The molecule has 5 nitrogen and oxygen atoms in total. The lowest BCUT2D eigenvalue weighted by molar-refractivity contribution is 0.198. The molecule has 0 aromatic heterocycles. The summed E-state index contributed by atoms with van der Waals surface area (Å²) in [6.07, 6.45) is 0. The van der Waals surface area contributed by atoms with Gasteiger partial charge in [0.2, 0.25) is 0 Å². The molecule has 1 aromatic rings. The Balaban J connectivity index is 2.44. The number of nitrogens with one attached hydrogen (secondary N) is 2. The number of carbonyl (C=O) groups excluding carboxylic acids is 1. The van der Waals surface area contributed by atoms with E-state index in [4.69, 9.17) is 9.47 Å². The van der Waals surface area contributed by atoms with Gasteiger partial charge in [-0.3, -0.25) is 0 Å². The Hall–Kier alpha value is -1.75. The first kappa shape index (κ1) is 13.3. The van der Waals surface area contributed by atoms with Crippen LogP contribution in [0.1, 0.15) is 6.92 Å². The molecule has 0 bridgehead atoms. The number of hydrogen-bond acceptors (Lipinski definition) is 3. The fourth-order valence-corrected chi connectivity index (χ4v) is 1.27. The summed E-state index contributed by atoms with van der Waals surface area (Å²) in [4.78, 5) is 11.4. The minimum Gasteiger partial charge on any atom is -0.494 e. The molecule has 0 saturated carbocycles. The van der Waals surface area contributed by atoms with Crippen molar-refractivity contribution in [3.05, 3.63) is 24.3 Å². The minimum absolute atomic E-state index is 0.254. The molecular weight excluding hydrogens is 220 g/mol. The molecule has 0 aliphatic rings. The zero-order chi connectivity index (χ0) is 12.5. The normalized spacial score (nSPS) is 9.76. The molecule has 0 aliphatic heterocycles. The van der Waals surface area contributed by atoms with Gasteiger partial charge in [0, 0.05) is 25.4 Å². The lowest BCUT2D eigenvalue weighted by Gasteiger charge is -2.08. The zero-order valence-electron chi connectivity index (χ0n) is 10.2. The second-order valence-electron chi connectivity index (χ2n) is 3.33. The first-order valence-corrected chi connectivity index (χ1v) is 5.53. The summed E-state index contributed by atoms with van der Waals surface area (Å²) in [7, 11) is 1.59. The van der Waals surface area contributed by atoms with E-state index in [1.807, 2.05) is 19.1 Å². The summed E-state index contributed by atoms with van der Waals surface area (Å²) < 4.78 is 10.2. The number of ether oxygens (including phenoxy) is 2. The highest BCUT2D eigenvalue weighted by atomic mass is 16.5. The number of carbonyl (C=O) groups is 1. The van der Waals surface area contributed by atoms with Crippen molar-refractivity contribution < 1.29 is 14.3 Å². The topological polar surface area (TPSA) is 59.6 Å². The van der Waals surface area contributed by atoms with E-state index in [1.54, 1.807) is 19.2 Å². The van der Waals surface area contributed by atoms with E-state index in [9.17, 15) is 4.79 Å². The Kier molecular flexibility index (Phi) is 5.88. The zero-order valence-corrected chi connectivity index (χ0v) is 10.2. The van der Waals surface area contributed by atoms with Gasteiger partial charge in [0.05, 0.1) is 13.2 Å². The molecule has 0 unspecified atom stereocenters. The number of rotatable bonds is 6. The van der Waals surface area contributed by atoms with E-state index in [0.717, 1.165) is 5.75 Å². The average molecular weight is 238 g/mol. The molecule has 94 valence electrons. The van der Waals surface area contributed by atoms with Gasteiger partial charge in [-0.2, -0.15) is 0 Å². The molecule has 1 rings (SSSR count). The Morgan fingerprint density at radius 2 is 2.24 bits per heavy atom. The summed E-state index contributed by atoms with van der Waals surface area (Å²) >= 11 is 0. The van der Waals surface area contributed by atoms with Crippen LogP contribution < -0.4 is 15.4 Å². The molecule has 2 amide bonds. The standard InChI is InChI=1S/C12H18N2O3/c1-3-17-11-6-4-5-10(9-11)14-12(15)13-7-8-16-2/h4-6,9H,3,7-8H2,1-2H3,(H2,13,14,15). The van der Waals surface area contributed by atoms with E-state index >= 15 is 0 Å². The molecule has 0 atom stereocenters. The maximum Gasteiger partial charge on any atom is 0.319 e. The first-order valence-electron chi connectivity index (χ1n) is 5.53. The fourth-order valence-electron chi connectivity index (χ4n) is 1.27. The maximum atomic E-state index is 11.4. The summed E-state index contributed by atoms with van der Waals surface area (Å²) in [6, 6.07) is 7.00. The molecule has 0 aliphatic carbocycles. The SMILES string of the molecule is CCOc1cccc(NC(=O)NCCOC)c1. The van der Waals surface area contributed by atoms with E-state index in [-0.39, 0.29) is 6.03 Å². The Labute approximate surface area is 101 Å². The molecule has 2 N–H and O–H groups in total. The molecule has 1 aromatic carbocycles. The summed E-state index contributed by atoms with van der Waals surface area (Å²) in [5.74, 6) is 0.738. The lowest BCUT2D eigenvalue weighted by atomic mass is 10.3. The van der Waals surface area contributed by atoms with Crippen molar-refractivity contribution >= 4 is 11.7 Å². The van der Waals surface area contributed by atoms with Crippen molar-refractivity contribution in [3.8, 4) is 5.75 Å². The number of urea groups is 1. The minimum atomic E-state index is -0.254. The van der Waals surface area contributed by atoms with Crippen molar-refractivity contribution in [3.63, 3.8) is 0 Å². The highest BCUT2D eigenvalue weighted by Gasteiger charge is 2.01. The quantitative estimate of drug-likeness (QED) is 0.744. The third-order valence-electron chi connectivity index (χ3n) is 1.99. The second-order valence-corrected chi connectivity index (χ2v) is 3.33. The molecule has 0 saturated heterocycles. The van der Waals surface area contributed by atoms with Gasteiger partial charge in [-0.15, -0.1) is 0 Å². The van der Waals surface area contributed by atoms with Crippen LogP contribution in [-0.4, -0.2) is 32.9 Å². The van der Waals surface area contributed by atoms with Gasteiger partial charge < -0.3 is 20.1 Å². The van der Waals surface area contributed by atoms with E-state index in [1.165, 1.54) is 0 Å². The predicted octanol–water partition coefficient (Wildman–Crippen LogP) is 1.85. The number of methoxy groups -OCH3 is 1. The van der Waals surface area contributed by atoms with Gasteiger partial charge in [-0.25, -0.2) is 4.79 Å². The highest BCUT2D eigenvalue weighted by Crippen LogP contribution is 2.16. The van der Waals surface area contributed by atoms with Crippen LogP contribution in [0.15, 0.2) is 24.3 Å². The molecule has 0 heterocycles. The average Bonchev–Trinajstić information content (AvgIpc) is 2.30. The Bertz CT molecular complexity index is 355. The Morgan fingerprint density at radius 1 is 1.41 bits per heavy atom. The number of amides is 2. The largest absolute Gasteiger partial charge is 0.494 e. The number of anilines is 1. The van der Waals surface area contributed by atoms with Crippen molar-refractivity contribution in [1.29, 1.82) is 0 Å². The van der Waals surface area contributed by atoms with E-state index < -0.39 is 0 Å². The molecule has 0 spiro atoms. The van der Waals surface area contributed by atoms with Gasteiger partial charge in [0.15, 0.2) is 0 Å². The van der Waals surface area contributed by atoms with Gasteiger partial charge in [0.25, 0.3) is 0 Å². The maximum absolute atomic E-state index is 11.4. The van der Waals surface area contributed by atoms with Crippen molar-refractivity contribution in [1.82, 2.24) is 5.32 Å². The van der Waals surface area contributed by atoms with E-state index in [0.29, 0.717) is 25.4 Å². The summed E-state index contributed by atoms with van der Waals surface area (Å²) in [5.41, 5.74) is 0.700. The predicted molar refractivity (Wildman–Crippen MR) is 66.5 cm³/mol. The number of benzene rings is 1. The molecule has 0 fully saturated rings. The lowest BCUT2D eigenvalue weighted by Crippen LogP contribution is -2.31. The van der Waals surface area contributed by atoms with Crippen LogP contribution in [0.4, 0.5) is 10.5 Å². The fraction of sp³-hybridized carbons (Fsp3) is 0.417. The van der Waals surface area contributed by atoms with Gasteiger partial charge in [-0.1, -0.05) is 6.07 Å². The highest BCUT2D eigenvalue weighted by molar-refractivity contribution is 5.89. The van der Waals surface area contributed by atoms with Crippen LogP contribution in [0.5, 0.6) is 5.75 Å². The van der Waals surface area contributed by atoms with Crippen LogP contribution in [0, 0.1) is 0 Å². The third-order valence-corrected chi connectivity index (χ3v) is 1.99. The van der Waals surface area contributed by atoms with Crippen LogP contribution >= 0.6 is 0 Å². The van der Waals surface area contributed by atoms with Crippen LogP contribution in [0.2, 0.25) is 0 Å². The van der Waals surface area contributed by atoms with E-state index in [2.05, 4.69) is 10.6 Å². The Morgan fingerprint density at radius 3 is 2.94 bits per heavy atom. The monoisotopic (exact) mass is 238 g/mol. The molecule has 17 heavy (non-hydrogen) atoms. The van der Waals surface area contributed by atoms with Crippen molar-refractivity contribution in [2.45, 2.75) is 6.92 Å². The number of hydrogen-bond donors (Lipinski definition) is 2. The van der Waals surface area contributed by atoms with Gasteiger partial charge in [-0.05, 0) is 19.1 Å². The van der Waals surface area contributed by atoms with Crippen molar-refractivity contribution in [2.75, 3.05) is 32.2 Å². The van der Waals surface area contributed by atoms with Crippen LogP contribution in [-0.2, 0) is 4.74 Å². The summed E-state index contributed by atoms with van der Waals surface area (Å²) in [5, 5.41) is 5.38. The smallest absolute Gasteiger partial charge is 0.319 e. The van der Waals surface area contributed by atoms with Gasteiger partial charge in [0.1, 0.15) is 5.75 Å². The first-order chi connectivity index (χ1) is 8.26. The molecule has 5 heteroatoms. The molecular formula is C12H18N2O3. The van der Waals surface area contributed by atoms with Gasteiger partial charge >= 0.3 is 6.03 Å². The van der Waals surface area contributed by atoms with Crippen molar-refractivity contribution in [2.24, 2.45) is 0 Å². The van der Waals surface area contributed by atoms with Crippen LogP contribution in [0.3, 0.4) is 0 Å². The second kappa shape index (κ2) is 7.51. The molecule has 0 radical (unpaired) electrons.